The molecule has 2 heterocycles. The van der Waals surface area contributed by atoms with Crippen molar-refractivity contribution in [1.29, 1.82) is 0 Å². The molecule has 2 aromatic rings. The Morgan fingerprint density at radius 3 is 2.41 bits per heavy atom. The summed E-state index contributed by atoms with van der Waals surface area (Å²) in [5, 5.41) is -0.374. The summed E-state index contributed by atoms with van der Waals surface area (Å²) in [4.78, 5) is 38.6. The minimum atomic E-state index is -0.747. The van der Waals surface area contributed by atoms with Crippen LogP contribution in [0, 0.1) is 0 Å². The highest BCUT2D eigenvalue weighted by Crippen LogP contribution is 2.41. The molecule has 2 atom stereocenters. The van der Waals surface area contributed by atoms with Crippen molar-refractivity contribution < 1.29 is 23.5 Å². The van der Waals surface area contributed by atoms with Gasteiger partial charge < -0.3 is 14.1 Å². The highest BCUT2D eigenvalue weighted by molar-refractivity contribution is 7.99. The predicted molar refractivity (Wildman–Crippen MR) is 111 cm³/mol. The molecule has 1 fully saturated rings. The third kappa shape index (κ3) is 4.72. The third-order valence-electron chi connectivity index (χ3n) is 4.84. The first-order valence-electron chi connectivity index (χ1n) is 9.43. The average Bonchev–Trinajstić information content (AvgIpc) is 3.34. The number of thioether (sulfide) groups is 1. The number of hydrogen-bond acceptors (Lipinski definition) is 6. The SMILES string of the molecule is CC(=O)N1[C@@H](C(=O)OCC(=O)c2ccc(C(C)(C)C)cc2)CS[C@@H]1c1ccco1. The molecule has 0 bridgehead atoms. The van der Waals surface area contributed by atoms with Gasteiger partial charge in [0.1, 0.15) is 17.2 Å². The second kappa shape index (κ2) is 8.45. The topological polar surface area (TPSA) is 76.8 Å². The molecule has 1 aliphatic rings. The van der Waals surface area contributed by atoms with E-state index in [9.17, 15) is 14.4 Å². The zero-order valence-electron chi connectivity index (χ0n) is 17.0. The minimum Gasteiger partial charge on any atom is -0.466 e. The lowest BCUT2D eigenvalue weighted by molar-refractivity contribution is -0.152. The van der Waals surface area contributed by atoms with Crippen LogP contribution in [0.15, 0.2) is 47.1 Å². The summed E-state index contributed by atoms with van der Waals surface area (Å²) in [7, 11) is 0. The van der Waals surface area contributed by atoms with Crippen molar-refractivity contribution in [1.82, 2.24) is 4.90 Å². The summed E-state index contributed by atoms with van der Waals surface area (Å²) >= 11 is 1.43. The molecule has 1 amide bonds. The number of furan rings is 1. The number of ether oxygens (including phenoxy) is 1. The van der Waals surface area contributed by atoms with Gasteiger partial charge in [-0.05, 0) is 23.1 Å². The molecule has 1 aromatic heterocycles. The van der Waals surface area contributed by atoms with Gasteiger partial charge in [-0.15, -0.1) is 11.8 Å². The molecular formula is C22H25NO5S. The molecule has 154 valence electrons. The largest absolute Gasteiger partial charge is 0.466 e. The molecule has 0 aliphatic carbocycles. The van der Waals surface area contributed by atoms with Crippen molar-refractivity contribution in [3.63, 3.8) is 0 Å². The first-order valence-corrected chi connectivity index (χ1v) is 10.5. The molecule has 0 radical (unpaired) electrons. The second-order valence-corrected chi connectivity index (χ2v) is 9.11. The molecule has 0 unspecified atom stereocenters. The number of esters is 1. The Kier molecular flexibility index (Phi) is 6.17. The third-order valence-corrected chi connectivity index (χ3v) is 6.12. The van der Waals surface area contributed by atoms with E-state index in [0.717, 1.165) is 5.56 Å². The summed E-state index contributed by atoms with van der Waals surface area (Å²) in [5.41, 5.74) is 1.60. The fourth-order valence-corrected chi connectivity index (χ4v) is 4.61. The number of rotatable bonds is 5. The van der Waals surface area contributed by atoms with Gasteiger partial charge in [-0.2, -0.15) is 0 Å². The zero-order chi connectivity index (χ0) is 21.2. The molecule has 1 aromatic carbocycles. The molecular weight excluding hydrogens is 390 g/mol. The van der Waals surface area contributed by atoms with Gasteiger partial charge >= 0.3 is 5.97 Å². The van der Waals surface area contributed by atoms with E-state index in [4.69, 9.17) is 9.15 Å². The summed E-state index contributed by atoms with van der Waals surface area (Å²) in [6.45, 7) is 7.35. The molecule has 1 aliphatic heterocycles. The van der Waals surface area contributed by atoms with Crippen LogP contribution in [0.4, 0.5) is 0 Å². The fraction of sp³-hybridized carbons (Fsp3) is 0.409. The molecule has 6 nitrogen and oxygen atoms in total. The van der Waals surface area contributed by atoms with E-state index in [-0.39, 0.29) is 29.1 Å². The molecule has 0 saturated carbocycles. The number of amides is 1. The van der Waals surface area contributed by atoms with Gasteiger partial charge in [0.2, 0.25) is 5.91 Å². The van der Waals surface area contributed by atoms with Crippen LogP contribution >= 0.6 is 11.8 Å². The fourth-order valence-electron chi connectivity index (χ4n) is 3.20. The second-order valence-electron chi connectivity index (χ2n) is 8.00. The van der Waals surface area contributed by atoms with Crippen LogP contribution in [0.5, 0.6) is 0 Å². The van der Waals surface area contributed by atoms with E-state index in [1.54, 1.807) is 24.3 Å². The summed E-state index contributed by atoms with van der Waals surface area (Å²) in [5.74, 6) is -0.112. The normalized spacial score (nSPS) is 19.2. The zero-order valence-corrected chi connectivity index (χ0v) is 17.8. The molecule has 3 rings (SSSR count). The van der Waals surface area contributed by atoms with Crippen LogP contribution in [0.3, 0.4) is 0 Å². The number of ketones is 1. The van der Waals surface area contributed by atoms with Gasteiger partial charge in [0.25, 0.3) is 0 Å². The van der Waals surface area contributed by atoms with Gasteiger partial charge in [-0.3, -0.25) is 9.59 Å². The van der Waals surface area contributed by atoms with Crippen LogP contribution in [0.25, 0.3) is 0 Å². The number of carbonyl (C=O) groups is 3. The standard InChI is InChI=1S/C22H25NO5S/c1-14(24)23-17(13-29-20(23)19-6-5-11-27-19)21(26)28-12-18(25)15-7-9-16(10-8-15)22(2,3)4/h5-11,17,20H,12-13H2,1-4H3/t17-,20-/m1/s1. The van der Waals surface area contributed by atoms with Gasteiger partial charge in [0, 0.05) is 18.2 Å². The Hall–Kier alpha value is -2.54. The van der Waals surface area contributed by atoms with Crippen LogP contribution in [0.1, 0.15) is 54.8 Å². The molecule has 29 heavy (non-hydrogen) atoms. The van der Waals surface area contributed by atoms with Gasteiger partial charge in [0.15, 0.2) is 12.4 Å². The van der Waals surface area contributed by atoms with E-state index in [1.165, 1.54) is 29.8 Å². The molecule has 7 heteroatoms. The van der Waals surface area contributed by atoms with E-state index in [2.05, 4.69) is 20.8 Å². The first kappa shape index (κ1) is 21.2. The van der Waals surface area contributed by atoms with Crippen molar-refractivity contribution in [2.24, 2.45) is 0 Å². The summed E-state index contributed by atoms with van der Waals surface area (Å²) in [6, 6.07) is 10.1. The van der Waals surface area contributed by atoms with E-state index < -0.39 is 12.0 Å². The molecule has 0 spiro atoms. The van der Waals surface area contributed by atoms with Gasteiger partial charge in [-0.25, -0.2) is 4.79 Å². The number of nitrogens with zero attached hydrogens (tertiary/aromatic N) is 1. The van der Waals surface area contributed by atoms with E-state index >= 15 is 0 Å². The lowest BCUT2D eigenvalue weighted by atomic mass is 9.86. The van der Waals surface area contributed by atoms with Crippen molar-refractivity contribution >= 4 is 29.4 Å². The van der Waals surface area contributed by atoms with E-state index in [1.807, 2.05) is 12.1 Å². The highest BCUT2D eigenvalue weighted by atomic mass is 32.2. The Balaban J connectivity index is 1.62. The minimum absolute atomic E-state index is 0.00509. The van der Waals surface area contributed by atoms with Gasteiger partial charge in [-0.1, -0.05) is 45.0 Å². The predicted octanol–water partition coefficient (Wildman–Crippen LogP) is 3.97. The molecule has 1 saturated heterocycles. The Morgan fingerprint density at radius 2 is 1.86 bits per heavy atom. The summed E-state index contributed by atoms with van der Waals surface area (Å²) in [6.07, 6.45) is 1.53. The highest BCUT2D eigenvalue weighted by Gasteiger charge is 2.43. The maximum atomic E-state index is 12.6. The monoisotopic (exact) mass is 415 g/mol. The smallest absolute Gasteiger partial charge is 0.330 e. The number of Topliss-reactive ketones (excluding diaryl/α,β-unsaturated/α-hetero) is 1. The van der Waals surface area contributed by atoms with Crippen LogP contribution < -0.4 is 0 Å². The number of carbonyl (C=O) groups excluding carboxylic acids is 3. The maximum absolute atomic E-state index is 12.6. The van der Waals surface area contributed by atoms with Crippen LogP contribution in [0.2, 0.25) is 0 Å². The van der Waals surface area contributed by atoms with Crippen molar-refractivity contribution in [3.05, 3.63) is 59.5 Å². The Morgan fingerprint density at radius 1 is 1.17 bits per heavy atom. The first-order chi connectivity index (χ1) is 13.7. The maximum Gasteiger partial charge on any atom is 0.330 e. The van der Waals surface area contributed by atoms with Crippen LogP contribution in [-0.4, -0.2) is 41.0 Å². The van der Waals surface area contributed by atoms with Crippen molar-refractivity contribution in [2.75, 3.05) is 12.4 Å². The average molecular weight is 416 g/mol. The van der Waals surface area contributed by atoms with Crippen molar-refractivity contribution in [3.8, 4) is 0 Å². The Bertz CT molecular complexity index is 883. The summed E-state index contributed by atoms with van der Waals surface area (Å²) < 4.78 is 10.7. The van der Waals surface area contributed by atoms with Gasteiger partial charge in [0.05, 0.1) is 6.26 Å². The lowest BCUT2D eigenvalue weighted by Crippen LogP contribution is -2.43. The lowest BCUT2D eigenvalue weighted by Gasteiger charge is -2.25. The number of hydrogen-bond donors (Lipinski definition) is 0. The quantitative estimate of drug-likeness (QED) is 0.543. The number of benzene rings is 1. The molecule has 0 N–H and O–H groups in total. The van der Waals surface area contributed by atoms with Crippen LogP contribution in [-0.2, 0) is 19.7 Å². The van der Waals surface area contributed by atoms with Crippen molar-refractivity contribution in [2.45, 2.75) is 44.5 Å². The van der Waals surface area contributed by atoms with E-state index in [0.29, 0.717) is 17.1 Å². The Labute approximate surface area is 174 Å².